The molecule has 3 aliphatic heterocycles. The van der Waals surface area contributed by atoms with Gasteiger partial charge in [0.25, 0.3) is 5.91 Å². The summed E-state index contributed by atoms with van der Waals surface area (Å²) in [4.78, 5) is 44.2. The zero-order chi connectivity index (χ0) is 22.7. The maximum atomic E-state index is 13.3. The largest absolute Gasteiger partial charge is 0.341 e. The summed E-state index contributed by atoms with van der Waals surface area (Å²) in [5.74, 6) is -0.333. The van der Waals surface area contributed by atoms with Crippen molar-refractivity contribution in [3.63, 3.8) is 0 Å². The number of benzene rings is 1. The fourth-order valence-electron chi connectivity index (χ4n) is 5.22. The van der Waals surface area contributed by atoms with E-state index in [1.54, 1.807) is 17.0 Å². The summed E-state index contributed by atoms with van der Waals surface area (Å²) in [6, 6.07) is 5.78. The van der Waals surface area contributed by atoms with Crippen molar-refractivity contribution in [1.82, 2.24) is 20.0 Å². The molecule has 1 atom stereocenters. The Morgan fingerprint density at radius 3 is 2.56 bits per heavy atom. The lowest BCUT2D eigenvalue weighted by Gasteiger charge is -2.37. The Labute approximate surface area is 188 Å². The van der Waals surface area contributed by atoms with Crippen LogP contribution in [0.25, 0.3) is 0 Å². The molecule has 0 aliphatic carbocycles. The van der Waals surface area contributed by atoms with E-state index in [1.165, 1.54) is 17.0 Å². The van der Waals surface area contributed by atoms with Crippen molar-refractivity contribution in [2.45, 2.75) is 63.5 Å². The molecule has 1 aromatic rings. The van der Waals surface area contributed by atoms with E-state index >= 15 is 0 Å². The van der Waals surface area contributed by atoms with E-state index in [9.17, 15) is 18.8 Å². The average Bonchev–Trinajstić information content (AvgIpc) is 3.34. The molecular formula is C24H33FN4O3. The predicted molar refractivity (Wildman–Crippen MR) is 118 cm³/mol. The Kier molecular flexibility index (Phi) is 6.79. The van der Waals surface area contributed by atoms with Gasteiger partial charge in [-0.1, -0.05) is 19.1 Å². The van der Waals surface area contributed by atoms with Crippen LogP contribution < -0.4 is 5.32 Å². The van der Waals surface area contributed by atoms with E-state index in [2.05, 4.69) is 17.1 Å². The highest BCUT2D eigenvalue weighted by atomic mass is 19.1. The topological polar surface area (TPSA) is 73.0 Å². The van der Waals surface area contributed by atoms with E-state index in [-0.39, 0.29) is 29.7 Å². The second-order valence-electron chi connectivity index (χ2n) is 9.29. The van der Waals surface area contributed by atoms with Crippen molar-refractivity contribution in [2.24, 2.45) is 0 Å². The molecule has 8 heteroatoms. The van der Waals surface area contributed by atoms with Crippen molar-refractivity contribution in [3.05, 3.63) is 35.6 Å². The van der Waals surface area contributed by atoms with Crippen LogP contribution in [0.1, 0.15) is 51.0 Å². The molecule has 1 N–H and O–H groups in total. The summed E-state index contributed by atoms with van der Waals surface area (Å²) in [5, 5.41) is 2.99. The van der Waals surface area contributed by atoms with Crippen molar-refractivity contribution in [2.75, 3.05) is 32.7 Å². The Balaban J connectivity index is 1.28. The van der Waals surface area contributed by atoms with Crippen LogP contribution in [0.3, 0.4) is 0 Å². The van der Waals surface area contributed by atoms with Crippen LogP contribution in [0.15, 0.2) is 24.3 Å². The number of hydrogen-bond acceptors (Lipinski definition) is 4. The van der Waals surface area contributed by atoms with Gasteiger partial charge in [-0.2, -0.15) is 0 Å². The number of nitrogens with one attached hydrogen (secondary N) is 1. The molecule has 1 aromatic carbocycles. The quantitative estimate of drug-likeness (QED) is 0.656. The second-order valence-corrected chi connectivity index (χ2v) is 9.29. The van der Waals surface area contributed by atoms with Crippen LogP contribution in [0.4, 0.5) is 9.18 Å². The zero-order valence-corrected chi connectivity index (χ0v) is 18.8. The van der Waals surface area contributed by atoms with Gasteiger partial charge in [-0.25, -0.2) is 9.18 Å². The Morgan fingerprint density at radius 1 is 1.16 bits per heavy atom. The number of piperidine rings is 1. The summed E-state index contributed by atoms with van der Waals surface area (Å²) < 4.78 is 13.0. The van der Waals surface area contributed by atoms with Gasteiger partial charge in [-0.15, -0.1) is 0 Å². The van der Waals surface area contributed by atoms with Gasteiger partial charge in [-0.05, 0) is 62.8 Å². The highest BCUT2D eigenvalue weighted by molar-refractivity contribution is 6.07. The number of rotatable bonds is 7. The maximum absolute atomic E-state index is 13.3. The van der Waals surface area contributed by atoms with Crippen LogP contribution in [-0.4, -0.2) is 76.8 Å². The summed E-state index contributed by atoms with van der Waals surface area (Å²) in [6.45, 7) is 5.77. The fraction of sp³-hybridized carbons (Fsp3) is 0.625. The molecule has 0 bridgehead atoms. The number of nitrogens with zero attached hydrogens (tertiary/aromatic N) is 3. The van der Waals surface area contributed by atoms with Gasteiger partial charge >= 0.3 is 6.03 Å². The average molecular weight is 445 g/mol. The molecule has 3 saturated heterocycles. The third-order valence-electron chi connectivity index (χ3n) is 7.09. The minimum atomic E-state index is -0.770. The molecule has 0 unspecified atom stereocenters. The first-order valence-electron chi connectivity index (χ1n) is 11.8. The first-order valence-corrected chi connectivity index (χ1v) is 11.8. The van der Waals surface area contributed by atoms with Gasteiger partial charge in [0, 0.05) is 32.6 Å². The van der Waals surface area contributed by atoms with Crippen LogP contribution in [0, 0.1) is 5.82 Å². The normalized spacial score (nSPS) is 23.2. The van der Waals surface area contributed by atoms with Crippen molar-refractivity contribution < 1.29 is 18.8 Å². The highest BCUT2D eigenvalue weighted by Gasteiger charge is 2.54. The Hall–Kier alpha value is -2.48. The zero-order valence-electron chi connectivity index (χ0n) is 18.8. The first-order chi connectivity index (χ1) is 15.4. The van der Waals surface area contributed by atoms with Gasteiger partial charge in [0.05, 0.1) is 6.04 Å². The lowest BCUT2D eigenvalue weighted by atomic mass is 9.87. The number of carbonyl (C=O) groups excluding carboxylic acids is 3. The van der Waals surface area contributed by atoms with Crippen molar-refractivity contribution in [1.29, 1.82) is 0 Å². The van der Waals surface area contributed by atoms with Crippen molar-refractivity contribution in [3.8, 4) is 0 Å². The molecule has 3 heterocycles. The van der Waals surface area contributed by atoms with Gasteiger partial charge in [-0.3, -0.25) is 14.5 Å². The molecule has 32 heavy (non-hydrogen) atoms. The molecule has 4 rings (SSSR count). The van der Waals surface area contributed by atoms with Crippen molar-refractivity contribution >= 4 is 17.8 Å². The summed E-state index contributed by atoms with van der Waals surface area (Å²) in [5.41, 5.74) is 0.238. The van der Waals surface area contributed by atoms with E-state index in [4.69, 9.17) is 0 Å². The second kappa shape index (κ2) is 9.57. The van der Waals surface area contributed by atoms with E-state index in [0.717, 1.165) is 31.6 Å². The number of urea groups is 1. The maximum Gasteiger partial charge on any atom is 0.325 e. The SMILES string of the molecule is CCCN1CCC2(CC1)NC(=O)N([C@H]1CCN(C(=O)CCCc3ccc(F)cc3)C1)C2=O. The molecular weight excluding hydrogens is 411 g/mol. The third kappa shape index (κ3) is 4.65. The molecule has 7 nitrogen and oxygen atoms in total. The minimum Gasteiger partial charge on any atom is -0.341 e. The molecule has 4 amide bonds. The van der Waals surface area contributed by atoms with E-state index in [0.29, 0.717) is 51.6 Å². The molecule has 3 aliphatic rings. The minimum absolute atomic E-state index is 0.0456. The van der Waals surface area contributed by atoms with Crippen LogP contribution >= 0.6 is 0 Å². The van der Waals surface area contributed by atoms with Gasteiger partial charge in [0.1, 0.15) is 11.4 Å². The Bertz CT molecular complexity index is 851. The third-order valence-corrected chi connectivity index (χ3v) is 7.09. The fourth-order valence-corrected chi connectivity index (χ4v) is 5.22. The number of imide groups is 1. The summed E-state index contributed by atoms with van der Waals surface area (Å²) >= 11 is 0. The molecule has 0 aromatic heterocycles. The molecule has 3 fully saturated rings. The predicted octanol–water partition coefficient (Wildman–Crippen LogP) is 2.55. The molecule has 1 spiro atoms. The van der Waals surface area contributed by atoms with Gasteiger partial charge in [0.15, 0.2) is 0 Å². The summed E-state index contributed by atoms with van der Waals surface area (Å²) in [7, 11) is 0. The Morgan fingerprint density at radius 2 is 1.88 bits per heavy atom. The molecule has 0 radical (unpaired) electrons. The number of halogens is 1. The van der Waals surface area contributed by atoms with Gasteiger partial charge in [0.2, 0.25) is 5.91 Å². The number of likely N-dealkylation sites (tertiary alicyclic amines) is 2. The monoisotopic (exact) mass is 444 g/mol. The van der Waals surface area contributed by atoms with E-state index < -0.39 is 5.54 Å². The summed E-state index contributed by atoms with van der Waals surface area (Å²) in [6.07, 6.45) is 4.80. The number of carbonyl (C=O) groups is 3. The standard InChI is InChI=1S/C24H33FN4O3/c1-2-13-27-15-11-24(12-16-27)22(31)29(23(32)26-24)20-10-14-28(17-20)21(30)5-3-4-18-6-8-19(25)9-7-18/h6-9,20H,2-5,10-17H2,1H3,(H,26,32)/t20-/m0/s1. The molecule has 0 saturated carbocycles. The number of hydrogen-bond donors (Lipinski definition) is 1. The smallest absolute Gasteiger partial charge is 0.325 e. The first kappa shape index (κ1) is 22.7. The number of aryl methyl sites for hydroxylation is 1. The van der Waals surface area contributed by atoms with Crippen LogP contribution in [0.5, 0.6) is 0 Å². The lowest BCUT2D eigenvalue weighted by Crippen LogP contribution is -2.55. The van der Waals surface area contributed by atoms with Crippen LogP contribution in [0.2, 0.25) is 0 Å². The lowest BCUT2D eigenvalue weighted by molar-refractivity contribution is -0.135. The van der Waals surface area contributed by atoms with Crippen LogP contribution in [-0.2, 0) is 16.0 Å². The number of amides is 4. The van der Waals surface area contributed by atoms with E-state index in [1.807, 2.05) is 0 Å². The highest BCUT2D eigenvalue weighted by Crippen LogP contribution is 2.32. The molecule has 174 valence electrons. The van der Waals surface area contributed by atoms with Gasteiger partial charge < -0.3 is 15.1 Å².